The van der Waals surface area contributed by atoms with E-state index in [0.29, 0.717) is 23.6 Å². The molecule has 0 bridgehead atoms. The Kier molecular flexibility index (Phi) is 4.02. The number of rotatable bonds is 3. The number of likely N-dealkylation sites (N-methyl/N-ethyl adjacent to an activating group) is 1. The van der Waals surface area contributed by atoms with E-state index in [9.17, 15) is 0 Å². The lowest BCUT2D eigenvalue weighted by Crippen LogP contribution is -2.40. The van der Waals surface area contributed by atoms with E-state index in [2.05, 4.69) is 16.9 Å². The van der Waals surface area contributed by atoms with E-state index in [1.165, 1.54) is 25.8 Å². The molecule has 0 aromatic carbocycles. The van der Waals surface area contributed by atoms with Gasteiger partial charge in [0.05, 0.1) is 5.02 Å². The van der Waals surface area contributed by atoms with Crippen LogP contribution in [0.15, 0.2) is 18.3 Å². The Labute approximate surface area is 101 Å². The molecule has 0 aliphatic carbocycles. The zero-order valence-electron chi connectivity index (χ0n) is 9.53. The first kappa shape index (κ1) is 11.7. The van der Waals surface area contributed by atoms with Gasteiger partial charge in [0.25, 0.3) is 0 Å². The van der Waals surface area contributed by atoms with E-state index in [0.717, 1.165) is 0 Å². The van der Waals surface area contributed by atoms with Crippen LogP contribution in [0.2, 0.25) is 5.02 Å². The predicted octanol–water partition coefficient (Wildman–Crippen LogP) is 2.60. The van der Waals surface area contributed by atoms with Crippen LogP contribution >= 0.6 is 11.6 Å². The number of aromatic nitrogens is 1. The van der Waals surface area contributed by atoms with E-state index in [1.807, 2.05) is 6.07 Å². The summed E-state index contributed by atoms with van der Waals surface area (Å²) >= 11 is 5.76. The Morgan fingerprint density at radius 1 is 1.50 bits per heavy atom. The highest BCUT2D eigenvalue weighted by Crippen LogP contribution is 2.17. The summed E-state index contributed by atoms with van der Waals surface area (Å²) in [6.45, 7) is 1.88. The third-order valence-corrected chi connectivity index (χ3v) is 3.27. The standard InChI is InChI=1S/C12H17ClN2O/c1-15-7-3-2-4-11(15)9-16-12-6-5-10(13)8-14-12/h5-6,8,11H,2-4,7,9H2,1H3. The van der Waals surface area contributed by atoms with Gasteiger partial charge >= 0.3 is 0 Å². The molecule has 4 heteroatoms. The molecule has 2 heterocycles. The number of hydrogen-bond acceptors (Lipinski definition) is 3. The predicted molar refractivity (Wildman–Crippen MR) is 65.0 cm³/mol. The lowest BCUT2D eigenvalue weighted by Gasteiger charge is -2.31. The van der Waals surface area contributed by atoms with E-state index in [1.54, 1.807) is 12.3 Å². The van der Waals surface area contributed by atoms with E-state index >= 15 is 0 Å². The summed E-state index contributed by atoms with van der Waals surface area (Å²) < 4.78 is 5.66. The molecule has 1 aliphatic rings. The third-order valence-electron chi connectivity index (χ3n) is 3.05. The second-order valence-corrected chi connectivity index (χ2v) is 4.69. The molecule has 1 aromatic heterocycles. The van der Waals surface area contributed by atoms with E-state index < -0.39 is 0 Å². The Bertz CT molecular complexity index is 328. The first-order valence-corrected chi connectivity index (χ1v) is 6.08. The number of halogens is 1. The fourth-order valence-corrected chi connectivity index (χ4v) is 2.10. The molecule has 0 spiro atoms. The van der Waals surface area contributed by atoms with E-state index in [-0.39, 0.29) is 0 Å². The molecule has 1 unspecified atom stereocenters. The molecule has 1 atom stereocenters. The zero-order chi connectivity index (χ0) is 11.4. The summed E-state index contributed by atoms with van der Waals surface area (Å²) in [7, 11) is 2.16. The number of hydrogen-bond donors (Lipinski definition) is 0. The summed E-state index contributed by atoms with van der Waals surface area (Å²) in [4.78, 5) is 6.48. The zero-order valence-corrected chi connectivity index (χ0v) is 10.3. The van der Waals surface area contributed by atoms with Crippen LogP contribution in [-0.4, -0.2) is 36.1 Å². The topological polar surface area (TPSA) is 25.4 Å². The van der Waals surface area contributed by atoms with Gasteiger partial charge in [-0.1, -0.05) is 18.0 Å². The maximum absolute atomic E-state index is 5.76. The lowest BCUT2D eigenvalue weighted by atomic mass is 10.0. The van der Waals surface area contributed by atoms with Gasteiger partial charge in [0.1, 0.15) is 6.61 Å². The van der Waals surface area contributed by atoms with Gasteiger partial charge in [0.15, 0.2) is 0 Å². The van der Waals surface area contributed by atoms with Crippen molar-refractivity contribution in [1.82, 2.24) is 9.88 Å². The minimum Gasteiger partial charge on any atom is -0.476 e. The fraction of sp³-hybridized carbons (Fsp3) is 0.583. The normalized spacial score (nSPS) is 22.0. The van der Waals surface area contributed by atoms with Crippen LogP contribution in [-0.2, 0) is 0 Å². The first-order chi connectivity index (χ1) is 7.75. The Morgan fingerprint density at radius 2 is 2.38 bits per heavy atom. The molecular formula is C12H17ClN2O. The highest BCUT2D eigenvalue weighted by Gasteiger charge is 2.19. The number of likely N-dealkylation sites (tertiary alicyclic amines) is 1. The van der Waals surface area contributed by atoms with Gasteiger partial charge in [-0.15, -0.1) is 0 Å². The van der Waals surface area contributed by atoms with Crippen molar-refractivity contribution in [3.63, 3.8) is 0 Å². The van der Waals surface area contributed by atoms with Gasteiger partial charge < -0.3 is 9.64 Å². The van der Waals surface area contributed by atoms with Gasteiger partial charge in [-0.25, -0.2) is 4.98 Å². The second kappa shape index (κ2) is 5.51. The molecule has 1 saturated heterocycles. The first-order valence-electron chi connectivity index (χ1n) is 5.70. The number of pyridine rings is 1. The molecule has 3 nitrogen and oxygen atoms in total. The summed E-state index contributed by atoms with van der Waals surface area (Å²) in [5, 5.41) is 0.641. The van der Waals surface area contributed by atoms with Crippen LogP contribution in [0.25, 0.3) is 0 Å². The average molecular weight is 241 g/mol. The van der Waals surface area contributed by atoms with Gasteiger partial charge in [-0.3, -0.25) is 0 Å². The Morgan fingerprint density at radius 3 is 3.06 bits per heavy atom. The van der Waals surface area contributed by atoms with Crippen molar-refractivity contribution in [3.8, 4) is 5.88 Å². The van der Waals surface area contributed by atoms with Gasteiger partial charge in [0, 0.05) is 18.3 Å². The maximum atomic E-state index is 5.76. The van der Waals surface area contributed by atoms with Crippen molar-refractivity contribution >= 4 is 11.6 Å². The molecule has 1 aliphatic heterocycles. The molecule has 0 saturated carbocycles. The number of ether oxygens (including phenoxy) is 1. The molecular weight excluding hydrogens is 224 g/mol. The van der Waals surface area contributed by atoms with Crippen LogP contribution in [0.1, 0.15) is 19.3 Å². The van der Waals surface area contributed by atoms with E-state index in [4.69, 9.17) is 16.3 Å². The van der Waals surface area contributed by atoms with Crippen molar-refractivity contribution < 1.29 is 4.74 Å². The average Bonchev–Trinajstić information content (AvgIpc) is 2.30. The van der Waals surface area contributed by atoms with Crippen molar-refractivity contribution in [2.45, 2.75) is 25.3 Å². The molecule has 0 N–H and O–H groups in total. The van der Waals surface area contributed by atoms with Crippen molar-refractivity contribution in [1.29, 1.82) is 0 Å². The minimum atomic E-state index is 0.520. The summed E-state index contributed by atoms with van der Waals surface area (Å²) in [5.41, 5.74) is 0. The molecule has 2 rings (SSSR count). The quantitative estimate of drug-likeness (QED) is 0.812. The van der Waals surface area contributed by atoms with Crippen molar-refractivity contribution in [3.05, 3.63) is 23.4 Å². The fourth-order valence-electron chi connectivity index (χ4n) is 1.98. The highest BCUT2D eigenvalue weighted by atomic mass is 35.5. The monoisotopic (exact) mass is 240 g/mol. The molecule has 1 aromatic rings. The molecule has 16 heavy (non-hydrogen) atoms. The third kappa shape index (κ3) is 3.09. The summed E-state index contributed by atoms with van der Waals surface area (Å²) in [5.74, 6) is 0.656. The number of piperidine rings is 1. The molecule has 1 fully saturated rings. The van der Waals surface area contributed by atoms with Gasteiger partial charge in [-0.05, 0) is 32.5 Å². The maximum Gasteiger partial charge on any atom is 0.213 e. The van der Waals surface area contributed by atoms with Gasteiger partial charge in [0.2, 0.25) is 5.88 Å². The van der Waals surface area contributed by atoms with Crippen LogP contribution in [0.3, 0.4) is 0 Å². The lowest BCUT2D eigenvalue weighted by molar-refractivity contribution is 0.122. The van der Waals surface area contributed by atoms with Crippen molar-refractivity contribution in [2.24, 2.45) is 0 Å². The SMILES string of the molecule is CN1CCCCC1COc1ccc(Cl)cn1. The second-order valence-electron chi connectivity index (χ2n) is 4.26. The largest absolute Gasteiger partial charge is 0.476 e. The summed E-state index contributed by atoms with van der Waals surface area (Å²) in [6.07, 6.45) is 5.42. The van der Waals surface area contributed by atoms with Crippen LogP contribution < -0.4 is 4.74 Å². The van der Waals surface area contributed by atoms with Crippen LogP contribution in [0.4, 0.5) is 0 Å². The Hall–Kier alpha value is -0.800. The smallest absolute Gasteiger partial charge is 0.213 e. The van der Waals surface area contributed by atoms with Crippen LogP contribution in [0.5, 0.6) is 5.88 Å². The van der Waals surface area contributed by atoms with Crippen molar-refractivity contribution in [2.75, 3.05) is 20.2 Å². The molecule has 0 amide bonds. The Balaban J connectivity index is 1.84. The molecule has 88 valence electrons. The van der Waals surface area contributed by atoms with Gasteiger partial charge in [-0.2, -0.15) is 0 Å². The van der Waals surface area contributed by atoms with Crippen LogP contribution in [0, 0.1) is 0 Å². The highest BCUT2D eigenvalue weighted by molar-refractivity contribution is 6.30. The minimum absolute atomic E-state index is 0.520. The number of nitrogens with zero attached hydrogens (tertiary/aromatic N) is 2. The summed E-state index contributed by atoms with van der Waals surface area (Å²) in [6, 6.07) is 4.13. The molecule has 0 radical (unpaired) electrons.